The molecule has 3 rings (SSSR count). The van der Waals surface area contributed by atoms with Gasteiger partial charge in [0.1, 0.15) is 0 Å². The topological polar surface area (TPSA) is 30.2 Å². The van der Waals surface area contributed by atoms with Crippen LogP contribution in [-0.4, -0.2) is 9.55 Å². The summed E-state index contributed by atoms with van der Waals surface area (Å²) in [6, 6.07) is 4.53. The minimum absolute atomic E-state index is 0.579. The zero-order valence-electron chi connectivity index (χ0n) is 13.0. The molecule has 2 aromatic rings. The molecule has 0 bridgehead atoms. The zero-order chi connectivity index (χ0) is 14.8. The van der Waals surface area contributed by atoms with E-state index in [1.165, 1.54) is 25.0 Å². The molecule has 0 spiro atoms. The van der Waals surface area contributed by atoms with Crippen LogP contribution in [0.1, 0.15) is 44.8 Å². The highest BCUT2D eigenvalue weighted by atomic mass is 32.1. The van der Waals surface area contributed by atoms with Crippen molar-refractivity contribution in [2.45, 2.75) is 46.1 Å². The maximum Gasteiger partial charge on any atom is 0.190 e. The van der Waals surface area contributed by atoms with Crippen molar-refractivity contribution in [3.63, 3.8) is 0 Å². The van der Waals surface area contributed by atoms with Crippen LogP contribution >= 0.6 is 11.3 Å². The van der Waals surface area contributed by atoms with E-state index in [1.807, 2.05) is 18.3 Å². The van der Waals surface area contributed by atoms with Crippen LogP contribution in [0, 0.1) is 18.8 Å². The van der Waals surface area contributed by atoms with Crippen molar-refractivity contribution < 1.29 is 0 Å². The highest BCUT2D eigenvalue weighted by Crippen LogP contribution is 2.37. The van der Waals surface area contributed by atoms with E-state index in [9.17, 15) is 0 Å². The van der Waals surface area contributed by atoms with Gasteiger partial charge in [0.2, 0.25) is 0 Å². The average molecular weight is 301 g/mol. The van der Waals surface area contributed by atoms with E-state index >= 15 is 0 Å². The van der Waals surface area contributed by atoms with Crippen molar-refractivity contribution in [3.8, 4) is 0 Å². The third kappa shape index (κ3) is 2.95. The maximum atomic E-state index is 4.82. The fourth-order valence-corrected chi connectivity index (χ4v) is 4.28. The van der Waals surface area contributed by atoms with Crippen molar-refractivity contribution in [2.24, 2.45) is 16.8 Å². The third-order valence-electron chi connectivity index (χ3n) is 4.79. The Labute approximate surface area is 130 Å². The first-order chi connectivity index (χ1) is 10.2. The number of hydrogen-bond donors (Lipinski definition) is 0. The highest BCUT2D eigenvalue weighted by Gasteiger charge is 2.29. The molecule has 1 aliphatic rings. The summed E-state index contributed by atoms with van der Waals surface area (Å²) in [7, 11) is 0. The molecular formula is C17H23N3S. The molecule has 2 aromatic heterocycles. The molecule has 4 heteroatoms. The van der Waals surface area contributed by atoms with E-state index in [4.69, 9.17) is 4.99 Å². The van der Waals surface area contributed by atoms with Crippen LogP contribution in [0.25, 0.3) is 0 Å². The maximum absolute atomic E-state index is 4.82. The smallest absolute Gasteiger partial charge is 0.190 e. The second-order valence-corrected chi connectivity index (χ2v) is 7.02. The van der Waals surface area contributed by atoms with Crippen LogP contribution in [-0.2, 0) is 0 Å². The molecule has 3 unspecified atom stereocenters. The van der Waals surface area contributed by atoms with Gasteiger partial charge >= 0.3 is 0 Å². The molecule has 0 radical (unpaired) electrons. The monoisotopic (exact) mass is 301 g/mol. The SMILES string of the molecule is Cc1csc(=Nc2cccnc2)n1C1CCCC(C)C1C. The molecule has 0 aromatic carbocycles. The number of rotatable bonds is 2. The summed E-state index contributed by atoms with van der Waals surface area (Å²) in [5.41, 5.74) is 2.26. The predicted molar refractivity (Wildman–Crippen MR) is 87.7 cm³/mol. The summed E-state index contributed by atoms with van der Waals surface area (Å²) >= 11 is 1.74. The second kappa shape index (κ2) is 6.14. The van der Waals surface area contributed by atoms with Crippen LogP contribution in [0.15, 0.2) is 34.9 Å². The van der Waals surface area contributed by atoms with Gasteiger partial charge in [-0.05, 0) is 37.3 Å². The number of hydrogen-bond acceptors (Lipinski definition) is 3. The fraction of sp³-hybridized carbons (Fsp3) is 0.529. The van der Waals surface area contributed by atoms with Gasteiger partial charge in [-0.25, -0.2) is 4.99 Å². The first-order valence-corrected chi connectivity index (χ1v) is 8.66. The standard InChI is InChI=1S/C17H23N3S/c1-12-6-4-8-16(14(12)3)20-13(2)11-21-17(20)19-15-7-5-9-18-10-15/h5,7,9-12,14,16H,4,6,8H2,1-3H3. The van der Waals surface area contributed by atoms with Gasteiger partial charge < -0.3 is 4.57 Å². The normalized spacial score (nSPS) is 27.0. The van der Waals surface area contributed by atoms with Gasteiger partial charge in [-0.2, -0.15) is 0 Å². The van der Waals surface area contributed by atoms with Gasteiger partial charge in [0.05, 0.1) is 11.9 Å². The Hall–Kier alpha value is -1.42. The molecule has 0 saturated heterocycles. The molecule has 1 saturated carbocycles. The summed E-state index contributed by atoms with van der Waals surface area (Å²) in [5.74, 6) is 1.50. The molecule has 0 N–H and O–H groups in total. The minimum atomic E-state index is 0.579. The molecule has 21 heavy (non-hydrogen) atoms. The van der Waals surface area contributed by atoms with Gasteiger partial charge in [0, 0.05) is 23.3 Å². The van der Waals surface area contributed by atoms with E-state index < -0.39 is 0 Å². The zero-order valence-corrected chi connectivity index (χ0v) is 13.8. The van der Waals surface area contributed by atoms with Crippen molar-refractivity contribution in [1.29, 1.82) is 0 Å². The highest BCUT2D eigenvalue weighted by molar-refractivity contribution is 7.07. The Morgan fingerprint density at radius 1 is 1.33 bits per heavy atom. The Balaban J connectivity index is 2.03. The molecule has 2 heterocycles. The molecule has 1 fully saturated rings. The first kappa shape index (κ1) is 14.5. The Morgan fingerprint density at radius 3 is 2.95 bits per heavy atom. The average Bonchev–Trinajstić information content (AvgIpc) is 2.84. The lowest BCUT2D eigenvalue weighted by Crippen LogP contribution is -2.32. The van der Waals surface area contributed by atoms with Gasteiger partial charge in [-0.15, -0.1) is 11.3 Å². The number of thiazole rings is 1. The van der Waals surface area contributed by atoms with E-state index in [2.05, 4.69) is 35.7 Å². The minimum Gasteiger partial charge on any atom is -0.318 e. The summed E-state index contributed by atoms with van der Waals surface area (Å²) in [5, 5.41) is 2.22. The van der Waals surface area contributed by atoms with E-state index in [1.54, 1.807) is 17.5 Å². The van der Waals surface area contributed by atoms with E-state index in [-0.39, 0.29) is 0 Å². The summed E-state index contributed by atoms with van der Waals surface area (Å²) in [6.45, 7) is 6.98. The van der Waals surface area contributed by atoms with Crippen LogP contribution in [0.3, 0.4) is 0 Å². The Kier molecular flexibility index (Phi) is 4.24. The molecule has 3 nitrogen and oxygen atoms in total. The number of aryl methyl sites for hydroxylation is 1. The van der Waals surface area contributed by atoms with Crippen molar-refractivity contribution in [3.05, 3.63) is 40.4 Å². The second-order valence-electron chi connectivity index (χ2n) is 6.19. The Bertz CT molecular complexity index is 656. The van der Waals surface area contributed by atoms with Gasteiger partial charge in [0.25, 0.3) is 0 Å². The van der Waals surface area contributed by atoms with Gasteiger partial charge in [-0.3, -0.25) is 4.98 Å². The van der Waals surface area contributed by atoms with Crippen LogP contribution in [0.4, 0.5) is 5.69 Å². The lowest BCUT2D eigenvalue weighted by Gasteiger charge is -2.35. The summed E-state index contributed by atoms with van der Waals surface area (Å²) in [4.78, 5) is 10.1. The molecular weight excluding hydrogens is 278 g/mol. The number of nitrogens with zero attached hydrogens (tertiary/aromatic N) is 3. The Morgan fingerprint density at radius 2 is 2.19 bits per heavy atom. The van der Waals surface area contributed by atoms with Gasteiger partial charge in [0.15, 0.2) is 4.80 Å². The van der Waals surface area contributed by atoms with Crippen LogP contribution in [0.5, 0.6) is 0 Å². The predicted octanol–water partition coefficient (Wildman–Crippen LogP) is 4.48. The molecule has 3 atom stereocenters. The molecule has 0 aliphatic heterocycles. The summed E-state index contributed by atoms with van der Waals surface area (Å²) in [6.07, 6.45) is 7.56. The summed E-state index contributed by atoms with van der Waals surface area (Å²) < 4.78 is 2.46. The number of aromatic nitrogens is 2. The quantitative estimate of drug-likeness (QED) is 0.804. The molecule has 1 aliphatic carbocycles. The lowest BCUT2D eigenvalue weighted by atomic mass is 9.78. The van der Waals surface area contributed by atoms with Crippen LogP contribution in [0.2, 0.25) is 0 Å². The van der Waals surface area contributed by atoms with Crippen molar-refractivity contribution in [1.82, 2.24) is 9.55 Å². The molecule has 0 amide bonds. The van der Waals surface area contributed by atoms with Crippen LogP contribution < -0.4 is 4.80 Å². The van der Waals surface area contributed by atoms with Crippen molar-refractivity contribution in [2.75, 3.05) is 0 Å². The lowest BCUT2D eigenvalue weighted by molar-refractivity contribution is 0.182. The third-order valence-corrected chi connectivity index (χ3v) is 5.74. The molecule has 112 valence electrons. The van der Waals surface area contributed by atoms with Gasteiger partial charge in [-0.1, -0.05) is 26.7 Å². The first-order valence-electron chi connectivity index (χ1n) is 7.78. The number of pyridine rings is 1. The van der Waals surface area contributed by atoms with E-state index in [0.29, 0.717) is 12.0 Å². The van der Waals surface area contributed by atoms with E-state index in [0.717, 1.165) is 16.4 Å². The fourth-order valence-electron chi connectivity index (χ4n) is 3.33. The largest absolute Gasteiger partial charge is 0.318 e. The van der Waals surface area contributed by atoms with Crippen molar-refractivity contribution >= 4 is 17.0 Å².